The normalized spacial score (nSPS) is 24.5. The number of hydrogen-bond donors (Lipinski definition) is 1. The zero-order valence-electron chi connectivity index (χ0n) is 10.3. The maximum absolute atomic E-state index is 11.9. The summed E-state index contributed by atoms with van der Waals surface area (Å²) in [4.78, 5) is 22.4. The van der Waals surface area contributed by atoms with Crippen LogP contribution in [0.3, 0.4) is 0 Å². The largest absolute Gasteiger partial charge is 0.359 e. The van der Waals surface area contributed by atoms with Gasteiger partial charge in [-0.25, -0.2) is 4.98 Å². The highest BCUT2D eigenvalue weighted by atomic mass is 16.2. The molecule has 5 heteroatoms. The van der Waals surface area contributed by atoms with Crippen molar-refractivity contribution in [3.05, 3.63) is 18.6 Å². The zero-order valence-corrected chi connectivity index (χ0v) is 10.3. The molecule has 1 unspecified atom stereocenters. The summed E-state index contributed by atoms with van der Waals surface area (Å²) in [5.74, 6) is 0.952. The van der Waals surface area contributed by atoms with Crippen molar-refractivity contribution in [2.45, 2.75) is 19.8 Å². The van der Waals surface area contributed by atoms with E-state index in [2.05, 4.69) is 20.2 Å². The molecule has 1 aliphatic rings. The molecule has 1 N–H and O–H groups in total. The highest BCUT2D eigenvalue weighted by Crippen LogP contribution is 2.31. The van der Waals surface area contributed by atoms with Crippen molar-refractivity contribution >= 4 is 11.7 Å². The first kappa shape index (κ1) is 11.8. The van der Waals surface area contributed by atoms with E-state index >= 15 is 0 Å². The van der Waals surface area contributed by atoms with Crippen LogP contribution in [0.5, 0.6) is 0 Å². The third kappa shape index (κ3) is 2.38. The highest BCUT2D eigenvalue weighted by molar-refractivity contribution is 5.82. The molecule has 2 rings (SSSR count). The van der Waals surface area contributed by atoms with E-state index in [1.165, 1.54) is 0 Å². The van der Waals surface area contributed by atoms with Gasteiger partial charge in [0, 0.05) is 32.5 Å². The van der Waals surface area contributed by atoms with E-state index in [0.717, 1.165) is 25.2 Å². The van der Waals surface area contributed by atoms with Gasteiger partial charge in [0.1, 0.15) is 5.82 Å². The number of piperidine rings is 1. The number of rotatable bonds is 2. The van der Waals surface area contributed by atoms with Gasteiger partial charge in [0.2, 0.25) is 5.91 Å². The average molecular weight is 234 g/mol. The molecule has 1 amide bonds. The minimum Gasteiger partial charge on any atom is -0.359 e. The third-order valence-corrected chi connectivity index (χ3v) is 3.35. The molecule has 0 radical (unpaired) electrons. The highest BCUT2D eigenvalue weighted by Gasteiger charge is 2.37. The standard InChI is InChI=1S/C12H18N4O/c1-12(11(17)13-2)4-3-7-16(9-12)10-8-14-5-6-15-10/h5-6,8H,3-4,7,9H2,1-2H3,(H,13,17). The van der Waals surface area contributed by atoms with Crippen LogP contribution in [0, 0.1) is 5.41 Å². The summed E-state index contributed by atoms with van der Waals surface area (Å²) in [6.45, 7) is 3.64. The Morgan fingerprint density at radius 1 is 1.53 bits per heavy atom. The molecule has 1 atom stereocenters. The molecular weight excluding hydrogens is 216 g/mol. The number of anilines is 1. The lowest BCUT2D eigenvalue weighted by atomic mass is 9.81. The summed E-state index contributed by atoms with van der Waals surface area (Å²) in [7, 11) is 1.69. The SMILES string of the molecule is CNC(=O)C1(C)CCCN(c2cnccn2)C1. The summed E-state index contributed by atoms with van der Waals surface area (Å²) < 4.78 is 0. The smallest absolute Gasteiger partial charge is 0.227 e. The van der Waals surface area contributed by atoms with Gasteiger partial charge in [-0.05, 0) is 19.8 Å². The second kappa shape index (κ2) is 4.69. The molecule has 0 aliphatic carbocycles. The lowest BCUT2D eigenvalue weighted by Crippen LogP contribution is -2.49. The number of hydrogen-bond acceptors (Lipinski definition) is 4. The Hall–Kier alpha value is -1.65. The van der Waals surface area contributed by atoms with Crippen LogP contribution in [0.2, 0.25) is 0 Å². The average Bonchev–Trinajstić information content (AvgIpc) is 2.39. The lowest BCUT2D eigenvalue weighted by molar-refractivity contribution is -0.130. The lowest BCUT2D eigenvalue weighted by Gasteiger charge is -2.39. The number of nitrogens with one attached hydrogen (secondary N) is 1. The van der Waals surface area contributed by atoms with E-state index in [0.29, 0.717) is 6.54 Å². The van der Waals surface area contributed by atoms with Crippen molar-refractivity contribution in [2.75, 3.05) is 25.0 Å². The first-order valence-electron chi connectivity index (χ1n) is 5.89. The Morgan fingerprint density at radius 2 is 2.35 bits per heavy atom. The minimum atomic E-state index is -0.329. The minimum absolute atomic E-state index is 0.103. The predicted molar refractivity (Wildman–Crippen MR) is 65.7 cm³/mol. The van der Waals surface area contributed by atoms with E-state index in [1.54, 1.807) is 25.6 Å². The van der Waals surface area contributed by atoms with Crippen LogP contribution in [0.4, 0.5) is 5.82 Å². The van der Waals surface area contributed by atoms with Crippen LogP contribution in [-0.4, -0.2) is 36.0 Å². The summed E-state index contributed by atoms with van der Waals surface area (Å²) in [6.07, 6.45) is 7.01. The molecule has 1 fully saturated rings. The van der Waals surface area contributed by atoms with Crippen molar-refractivity contribution in [3.63, 3.8) is 0 Å². The molecule has 92 valence electrons. The fraction of sp³-hybridized carbons (Fsp3) is 0.583. The Balaban J connectivity index is 2.15. The molecule has 5 nitrogen and oxygen atoms in total. The van der Waals surface area contributed by atoms with Crippen molar-refractivity contribution < 1.29 is 4.79 Å². The molecule has 0 saturated carbocycles. The second-order valence-electron chi connectivity index (χ2n) is 4.73. The topological polar surface area (TPSA) is 58.1 Å². The molecule has 0 bridgehead atoms. The monoisotopic (exact) mass is 234 g/mol. The van der Waals surface area contributed by atoms with E-state index < -0.39 is 0 Å². The molecule has 1 saturated heterocycles. The van der Waals surface area contributed by atoms with Gasteiger partial charge >= 0.3 is 0 Å². The van der Waals surface area contributed by atoms with Crippen LogP contribution in [0.25, 0.3) is 0 Å². The van der Waals surface area contributed by atoms with Gasteiger partial charge in [-0.3, -0.25) is 9.78 Å². The van der Waals surface area contributed by atoms with Gasteiger partial charge in [-0.2, -0.15) is 0 Å². The molecule has 1 aromatic rings. The summed E-state index contributed by atoms with van der Waals surface area (Å²) in [6, 6.07) is 0. The van der Waals surface area contributed by atoms with Crippen molar-refractivity contribution in [3.8, 4) is 0 Å². The molecule has 0 aromatic carbocycles. The third-order valence-electron chi connectivity index (χ3n) is 3.35. The number of nitrogens with zero attached hydrogens (tertiary/aromatic N) is 3. The second-order valence-corrected chi connectivity index (χ2v) is 4.73. The van der Waals surface area contributed by atoms with Gasteiger partial charge in [0.05, 0.1) is 11.6 Å². The van der Waals surface area contributed by atoms with E-state index in [4.69, 9.17) is 0 Å². The van der Waals surface area contributed by atoms with E-state index in [1.807, 2.05) is 6.92 Å². The van der Waals surface area contributed by atoms with Crippen molar-refractivity contribution in [1.29, 1.82) is 0 Å². The van der Waals surface area contributed by atoms with Gasteiger partial charge < -0.3 is 10.2 Å². The van der Waals surface area contributed by atoms with Crippen molar-refractivity contribution in [2.24, 2.45) is 5.41 Å². The maximum Gasteiger partial charge on any atom is 0.227 e. The van der Waals surface area contributed by atoms with Gasteiger partial charge in [0.15, 0.2) is 0 Å². The molecule has 1 aromatic heterocycles. The maximum atomic E-state index is 11.9. The number of carbonyl (C=O) groups excluding carboxylic acids is 1. The molecule has 2 heterocycles. The molecular formula is C12H18N4O. The summed E-state index contributed by atoms with van der Waals surface area (Å²) in [5.41, 5.74) is -0.329. The zero-order chi connectivity index (χ0) is 12.3. The van der Waals surface area contributed by atoms with Gasteiger partial charge in [-0.15, -0.1) is 0 Å². The van der Waals surface area contributed by atoms with Crippen LogP contribution in [0.15, 0.2) is 18.6 Å². The quantitative estimate of drug-likeness (QED) is 0.823. The van der Waals surface area contributed by atoms with Gasteiger partial charge in [-0.1, -0.05) is 0 Å². The fourth-order valence-electron chi connectivity index (χ4n) is 2.38. The first-order chi connectivity index (χ1) is 8.15. The Kier molecular flexibility index (Phi) is 3.26. The molecule has 1 aliphatic heterocycles. The Morgan fingerprint density at radius 3 is 3.00 bits per heavy atom. The van der Waals surface area contributed by atoms with Crippen LogP contribution in [-0.2, 0) is 4.79 Å². The first-order valence-corrected chi connectivity index (χ1v) is 5.89. The van der Waals surface area contributed by atoms with Gasteiger partial charge in [0.25, 0.3) is 0 Å². The fourth-order valence-corrected chi connectivity index (χ4v) is 2.38. The number of carbonyl (C=O) groups is 1. The number of aromatic nitrogens is 2. The summed E-state index contributed by atoms with van der Waals surface area (Å²) in [5, 5.41) is 2.75. The van der Waals surface area contributed by atoms with E-state index in [9.17, 15) is 4.79 Å². The van der Waals surface area contributed by atoms with E-state index in [-0.39, 0.29) is 11.3 Å². The Bertz CT molecular complexity index is 395. The van der Waals surface area contributed by atoms with Crippen LogP contribution >= 0.6 is 0 Å². The summed E-state index contributed by atoms with van der Waals surface area (Å²) >= 11 is 0. The molecule has 17 heavy (non-hydrogen) atoms. The Labute approximate surface area is 101 Å². The van der Waals surface area contributed by atoms with Crippen LogP contribution < -0.4 is 10.2 Å². The number of amides is 1. The molecule has 0 spiro atoms. The van der Waals surface area contributed by atoms with Crippen LogP contribution in [0.1, 0.15) is 19.8 Å². The predicted octanol–water partition coefficient (Wildman–Crippen LogP) is 0.829. The van der Waals surface area contributed by atoms with Crippen molar-refractivity contribution in [1.82, 2.24) is 15.3 Å².